The van der Waals surface area contributed by atoms with Crippen LogP contribution < -0.4 is 0 Å². The molecule has 0 spiro atoms. The van der Waals surface area contributed by atoms with Crippen molar-refractivity contribution < 1.29 is 9.90 Å². The number of nitrogens with zero attached hydrogens (tertiary/aromatic N) is 1. The van der Waals surface area contributed by atoms with Crippen LogP contribution in [0.15, 0.2) is 18.2 Å². The molecule has 1 atom stereocenters. The summed E-state index contributed by atoms with van der Waals surface area (Å²) in [6, 6.07) is 6.25. The fraction of sp³-hybridized carbons (Fsp3) is 0.588. The van der Waals surface area contributed by atoms with Gasteiger partial charge in [-0.15, -0.1) is 0 Å². The zero-order chi connectivity index (χ0) is 14.8. The van der Waals surface area contributed by atoms with E-state index in [1.165, 1.54) is 11.1 Å². The van der Waals surface area contributed by atoms with E-state index in [-0.39, 0.29) is 5.91 Å². The molecule has 1 heterocycles. The van der Waals surface area contributed by atoms with Gasteiger partial charge in [0, 0.05) is 13.1 Å². The van der Waals surface area contributed by atoms with Gasteiger partial charge in [-0.05, 0) is 51.2 Å². The third kappa shape index (κ3) is 3.83. The van der Waals surface area contributed by atoms with E-state index in [0.29, 0.717) is 19.4 Å². The molecule has 0 aromatic heterocycles. The third-order valence-electron chi connectivity index (χ3n) is 4.26. The Kier molecular flexibility index (Phi) is 4.48. The van der Waals surface area contributed by atoms with Gasteiger partial charge in [0.25, 0.3) is 0 Å². The molecule has 1 aliphatic heterocycles. The highest BCUT2D eigenvalue weighted by Crippen LogP contribution is 2.22. The summed E-state index contributed by atoms with van der Waals surface area (Å²) in [5.74, 6) is 0.177. The van der Waals surface area contributed by atoms with E-state index < -0.39 is 5.60 Å². The number of benzene rings is 1. The molecule has 0 saturated carbocycles. The van der Waals surface area contributed by atoms with E-state index in [4.69, 9.17) is 0 Å². The van der Waals surface area contributed by atoms with E-state index in [1.54, 1.807) is 0 Å². The van der Waals surface area contributed by atoms with E-state index in [1.807, 2.05) is 11.8 Å². The lowest BCUT2D eigenvalue weighted by Crippen LogP contribution is -2.34. The molecule has 1 saturated heterocycles. The number of carbonyl (C=O) groups is 1. The van der Waals surface area contributed by atoms with Gasteiger partial charge in [0.2, 0.25) is 5.91 Å². The summed E-state index contributed by atoms with van der Waals surface area (Å²) in [6.07, 6.45) is 2.80. The summed E-state index contributed by atoms with van der Waals surface area (Å²) in [5.41, 5.74) is 2.86. The molecule has 0 radical (unpaired) electrons. The van der Waals surface area contributed by atoms with Crippen molar-refractivity contribution in [2.45, 2.75) is 52.1 Å². The molecule has 0 unspecified atom stereocenters. The van der Waals surface area contributed by atoms with Crippen LogP contribution in [0.4, 0.5) is 0 Å². The number of hydrogen-bond acceptors (Lipinski definition) is 2. The van der Waals surface area contributed by atoms with Crippen LogP contribution in [0, 0.1) is 13.8 Å². The zero-order valence-electron chi connectivity index (χ0n) is 12.8. The number of carbonyl (C=O) groups excluding carboxylic acids is 1. The second-order valence-corrected chi connectivity index (χ2v) is 6.34. The van der Waals surface area contributed by atoms with Gasteiger partial charge in [-0.1, -0.05) is 23.8 Å². The molecule has 0 bridgehead atoms. The first-order valence-corrected chi connectivity index (χ1v) is 7.44. The molecule has 1 N–H and O–H groups in total. The number of rotatable bonds is 2. The molecular formula is C17H25NO2. The average molecular weight is 275 g/mol. The van der Waals surface area contributed by atoms with Crippen molar-refractivity contribution in [3.63, 3.8) is 0 Å². The summed E-state index contributed by atoms with van der Waals surface area (Å²) in [5, 5.41) is 10.1. The smallest absolute Gasteiger partial charge is 0.227 e. The molecular weight excluding hydrogens is 250 g/mol. The maximum absolute atomic E-state index is 12.4. The Balaban J connectivity index is 2.03. The van der Waals surface area contributed by atoms with Crippen LogP contribution in [0.5, 0.6) is 0 Å². The fourth-order valence-corrected chi connectivity index (χ4v) is 2.78. The van der Waals surface area contributed by atoms with Gasteiger partial charge in [0.05, 0.1) is 12.0 Å². The first-order chi connectivity index (χ1) is 9.37. The maximum Gasteiger partial charge on any atom is 0.227 e. The van der Waals surface area contributed by atoms with Crippen LogP contribution in [-0.4, -0.2) is 34.6 Å². The molecule has 1 aliphatic rings. The predicted octanol–water partition coefficient (Wildman–Crippen LogP) is 2.61. The van der Waals surface area contributed by atoms with Gasteiger partial charge < -0.3 is 10.0 Å². The van der Waals surface area contributed by atoms with Crippen LogP contribution in [-0.2, 0) is 11.2 Å². The molecule has 3 heteroatoms. The van der Waals surface area contributed by atoms with Crippen LogP contribution in [0.2, 0.25) is 0 Å². The Hall–Kier alpha value is -1.35. The Morgan fingerprint density at radius 2 is 2.05 bits per heavy atom. The third-order valence-corrected chi connectivity index (χ3v) is 4.26. The highest BCUT2D eigenvalue weighted by molar-refractivity contribution is 5.79. The topological polar surface area (TPSA) is 40.5 Å². The standard InChI is InChI=1S/C17H25NO2/c1-13-5-6-14(2)15(11-13)12-16(19)18-9-4-7-17(3,20)8-10-18/h5-6,11,20H,4,7-10,12H2,1-3H3/t17-/m1/s1. The van der Waals surface area contributed by atoms with Crippen molar-refractivity contribution >= 4 is 5.91 Å². The summed E-state index contributed by atoms with van der Waals surface area (Å²) in [4.78, 5) is 14.3. The molecule has 3 nitrogen and oxygen atoms in total. The van der Waals surface area contributed by atoms with E-state index >= 15 is 0 Å². The minimum absolute atomic E-state index is 0.177. The number of aryl methyl sites for hydroxylation is 2. The predicted molar refractivity (Wildman–Crippen MR) is 80.7 cm³/mol. The second kappa shape index (κ2) is 5.96. The van der Waals surface area contributed by atoms with Crippen molar-refractivity contribution in [2.24, 2.45) is 0 Å². The Bertz CT molecular complexity index is 494. The first-order valence-electron chi connectivity index (χ1n) is 7.44. The van der Waals surface area contributed by atoms with Crippen LogP contribution in [0.1, 0.15) is 42.9 Å². The SMILES string of the molecule is Cc1ccc(C)c(CC(=O)N2CCC[C@@](C)(O)CC2)c1. The van der Waals surface area contributed by atoms with Crippen molar-refractivity contribution in [3.8, 4) is 0 Å². The summed E-state index contributed by atoms with van der Waals surface area (Å²) < 4.78 is 0. The van der Waals surface area contributed by atoms with Gasteiger partial charge >= 0.3 is 0 Å². The highest BCUT2D eigenvalue weighted by Gasteiger charge is 2.27. The van der Waals surface area contributed by atoms with Gasteiger partial charge in [0.15, 0.2) is 0 Å². The summed E-state index contributed by atoms with van der Waals surface area (Å²) >= 11 is 0. The van der Waals surface area contributed by atoms with Crippen molar-refractivity contribution in [2.75, 3.05) is 13.1 Å². The van der Waals surface area contributed by atoms with Crippen LogP contribution in [0.25, 0.3) is 0 Å². The molecule has 2 rings (SSSR count). The van der Waals surface area contributed by atoms with Crippen molar-refractivity contribution in [1.29, 1.82) is 0 Å². The Labute approximate surface area is 121 Å². The quantitative estimate of drug-likeness (QED) is 0.901. The van der Waals surface area contributed by atoms with Crippen molar-refractivity contribution in [1.82, 2.24) is 4.90 Å². The number of aliphatic hydroxyl groups is 1. The monoisotopic (exact) mass is 275 g/mol. The molecule has 1 aromatic rings. The molecule has 20 heavy (non-hydrogen) atoms. The molecule has 1 amide bonds. The summed E-state index contributed by atoms with van der Waals surface area (Å²) in [7, 11) is 0. The highest BCUT2D eigenvalue weighted by atomic mass is 16.3. The number of amides is 1. The molecule has 110 valence electrons. The molecule has 0 aliphatic carbocycles. The maximum atomic E-state index is 12.4. The second-order valence-electron chi connectivity index (χ2n) is 6.34. The van der Waals surface area contributed by atoms with Crippen LogP contribution in [0.3, 0.4) is 0 Å². The zero-order valence-corrected chi connectivity index (χ0v) is 12.8. The minimum atomic E-state index is -0.617. The summed E-state index contributed by atoms with van der Waals surface area (Å²) in [6.45, 7) is 7.40. The van der Waals surface area contributed by atoms with Gasteiger partial charge in [0.1, 0.15) is 0 Å². The average Bonchev–Trinajstić information content (AvgIpc) is 2.55. The fourth-order valence-electron chi connectivity index (χ4n) is 2.78. The van der Waals surface area contributed by atoms with Gasteiger partial charge in [-0.3, -0.25) is 4.79 Å². The number of hydrogen-bond donors (Lipinski definition) is 1. The molecule has 1 fully saturated rings. The van der Waals surface area contributed by atoms with Gasteiger partial charge in [-0.2, -0.15) is 0 Å². The minimum Gasteiger partial charge on any atom is -0.390 e. The lowest BCUT2D eigenvalue weighted by molar-refractivity contribution is -0.130. The Morgan fingerprint density at radius 1 is 1.30 bits per heavy atom. The van der Waals surface area contributed by atoms with E-state index in [2.05, 4.69) is 32.0 Å². The largest absolute Gasteiger partial charge is 0.390 e. The van der Waals surface area contributed by atoms with Crippen molar-refractivity contribution in [3.05, 3.63) is 34.9 Å². The normalized spacial score (nSPS) is 23.5. The Morgan fingerprint density at radius 3 is 2.80 bits per heavy atom. The lowest BCUT2D eigenvalue weighted by Gasteiger charge is -2.23. The number of likely N-dealkylation sites (tertiary alicyclic amines) is 1. The first kappa shape index (κ1) is 15.0. The lowest BCUT2D eigenvalue weighted by atomic mass is 9.98. The van der Waals surface area contributed by atoms with Crippen LogP contribution >= 0.6 is 0 Å². The molecule has 1 aromatic carbocycles. The van der Waals surface area contributed by atoms with E-state index in [9.17, 15) is 9.90 Å². The van der Waals surface area contributed by atoms with E-state index in [0.717, 1.165) is 24.9 Å². The van der Waals surface area contributed by atoms with Gasteiger partial charge in [-0.25, -0.2) is 0 Å².